The van der Waals surface area contributed by atoms with Gasteiger partial charge in [-0.2, -0.15) is 0 Å². The molecule has 1 heteroatoms. The van der Waals surface area contributed by atoms with Crippen LogP contribution in [0.3, 0.4) is 0 Å². The van der Waals surface area contributed by atoms with Crippen molar-refractivity contribution in [3.63, 3.8) is 0 Å². The fourth-order valence-electron chi connectivity index (χ4n) is 2.66. The van der Waals surface area contributed by atoms with E-state index in [9.17, 15) is 0 Å². The van der Waals surface area contributed by atoms with Gasteiger partial charge in [0, 0.05) is 0 Å². The Hall–Kier alpha value is -0.300. The van der Waals surface area contributed by atoms with Crippen LogP contribution >= 0.6 is 0 Å². The minimum atomic E-state index is 0.333. The highest BCUT2D eigenvalue weighted by molar-refractivity contribution is 4.99. The monoisotopic (exact) mass is 180 g/mol. The van der Waals surface area contributed by atoms with Crippen molar-refractivity contribution in [2.75, 3.05) is 6.61 Å². The first-order chi connectivity index (χ1) is 6.37. The zero-order chi connectivity index (χ0) is 9.15. The Morgan fingerprint density at radius 3 is 2.92 bits per heavy atom. The van der Waals surface area contributed by atoms with E-state index in [-0.39, 0.29) is 0 Å². The fourth-order valence-corrected chi connectivity index (χ4v) is 2.66. The molecular formula is C12H20O. The van der Waals surface area contributed by atoms with Crippen molar-refractivity contribution in [3.8, 4) is 0 Å². The van der Waals surface area contributed by atoms with E-state index in [1.54, 1.807) is 0 Å². The van der Waals surface area contributed by atoms with Crippen LogP contribution in [0.1, 0.15) is 44.9 Å². The van der Waals surface area contributed by atoms with Gasteiger partial charge in [-0.1, -0.05) is 25.3 Å². The third-order valence-corrected chi connectivity index (χ3v) is 3.63. The highest BCUT2D eigenvalue weighted by Crippen LogP contribution is 2.46. The van der Waals surface area contributed by atoms with Crippen LogP contribution in [0.5, 0.6) is 0 Å². The van der Waals surface area contributed by atoms with Crippen LogP contribution in [-0.4, -0.2) is 12.2 Å². The van der Waals surface area contributed by atoms with E-state index < -0.39 is 0 Å². The van der Waals surface area contributed by atoms with Crippen LogP contribution in [0.2, 0.25) is 0 Å². The highest BCUT2D eigenvalue weighted by atomic mass is 16.6. The van der Waals surface area contributed by atoms with Crippen molar-refractivity contribution in [2.24, 2.45) is 5.92 Å². The Kier molecular flexibility index (Phi) is 2.73. The minimum absolute atomic E-state index is 0.333. The van der Waals surface area contributed by atoms with Gasteiger partial charge in [0.25, 0.3) is 0 Å². The van der Waals surface area contributed by atoms with E-state index in [4.69, 9.17) is 4.74 Å². The van der Waals surface area contributed by atoms with Gasteiger partial charge in [0.1, 0.15) is 0 Å². The quantitative estimate of drug-likeness (QED) is 0.479. The molecule has 1 aliphatic carbocycles. The Bertz CT molecular complexity index is 182. The molecule has 0 aromatic heterocycles. The minimum Gasteiger partial charge on any atom is -0.369 e. The van der Waals surface area contributed by atoms with Crippen LogP contribution in [-0.2, 0) is 4.74 Å². The summed E-state index contributed by atoms with van der Waals surface area (Å²) < 4.78 is 5.69. The lowest BCUT2D eigenvalue weighted by Crippen LogP contribution is -2.22. The number of hydrogen-bond acceptors (Lipinski definition) is 1. The van der Waals surface area contributed by atoms with Gasteiger partial charge in [0.05, 0.1) is 12.2 Å². The Morgan fingerprint density at radius 2 is 2.23 bits per heavy atom. The summed E-state index contributed by atoms with van der Waals surface area (Å²) in [5, 5.41) is 0. The summed E-state index contributed by atoms with van der Waals surface area (Å²) in [5.41, 5.74) is 0.333. The average molecular weight is 180 g/mol. The third kappa shape index (κ3) is 1.96. The lowest BCUT2D eigenvalue weighted by Gasteiger charge is -2.20. The number of epoxide rings is 1. The van der Waals surface area contributed by atoms with Crippen LogP contribution in [0.15, 0.2) is 12.7 Å². The molecule has 2 rings (SSSR count). The van der Waals surface area contributed by atoms with E-state index in [0.717, 1.165) is 18.9 Å². The third-order valence-electron chi connectivity index (χ3n) is 3.63. The zero-order valence-corrected chi connectivity index (χ0v) is 8.43. The van der Waals surface area contributed by atoms with E-state index in [2.05, 4.69) is 6.58 Å². The maximum Gasteiger partial charge on any atom is 0.0944 e. The summed E-state index contributed by atoms with van der Waals surface area (Å²) in [6, 6.07) is 0. The van der Waals surface area contributed by atoms with Crippen LogP contribution in [0, 0.1) is 5.92 Å². The Labute approximate surface area is 81.2 Å². The van der Waals surface area contributed by atoms with E-state index in [1.165, 1.54) is 38.5 Å². The maximum absolute atomic E-state index is 5.69. The predicted molar refractivity (Wildman–Crippen MR) is 54.7 cm³/mol. The van der Waals surface area contributed by atoms with Gasteiger partial charge in [-0.25, -0.2) is 0 Å². The SMILES string of the molecule is C=CCCC1CCCCCC12CO2. The first-order valence-electron chi connectivity index (χ1n) is 5.62. The molecule has 1 nitrogen and oxygen atoms in total. The second-order valence-corrected chi connectivity index (χ2v) is 4.52. The first kappa shape index (κ1) is 9.26. The lowest BCUT2D eigenvalue weighted by molar-refractivity contribution is 0.196. The van der Waals surface area contributed by atoms with Gasteiger partial charge in [0.15, 0.2) is 0 Å². The number of ether oxygens (including phenoxy) is 1. The highest BCUT2D eigenvalue weighted by Gasteiger charge is 2.50. The molecule has 1 aliphatic heterocycles. The number of allylic oxidation sites excluding steroid dienone is 1. The molecule has 2 unspecified atom stereocenters. The van der Waals surface area contributed by atoms with Crippen molar-refractivity contribution in [2.45, 2.75) is 50.5 Å². The molecule has 1 spiro atoms. The Morgan fingerprint density at radius 1 is 1.38 bits per heavy atom. The summed E-state index contributed by atoms with van der Waals surface area (Å²) in [6.45, 7) is 4.83. The van der Waals surface area contributed by atoms with Gasteiger partial charge >= 0.3 is 0 Å². The van der Waals surface area contributed by atoms with Gasteiger partial charge in [-0.15, -0.1) is 6.58 Å². The molecular weight excluding hydrogens is 160 g/mol. The van der Waals surface area contributed by atoms with Crippen molar-refractivity contribution >= 4 is 0 Å². The number of rotatable bonds is 3. The molecule has 13 heavy (non-hydrogen) atoms. The second-order valence-electron chi connectivity index (χ2n) is 4.52. The van der Waals surface area contributed by atoms with Crippen molar-refractivity contribution in [1.29, 1.82) is 0 Å². The lowest BCUT2D eigenvalue weighted by atomic mass is 9.85. The van der Waals surface area contributed by atoms with E-state index >= 15 is 0 Å². The standard InChI is InChI=1S/C12H20O/c1-2-3-7-11-8-5-4-6-9-12(11)10-13-12/h2,11H,1,3-10H2. The second kappa shape index (κ2) is 3.83. The van der Waals surface area contributed by atoms with Crippen molar-refractivity contribution < 1.29 is 4.74 Å². The number of hydrogen-bond donors (Lipinski definition) is 0. The summed E-state index contributed by atoms with van der Waals surface area (Å²) in [7, 11) is 0. The van der Waals surface area contributed by atoms with Gasteiger partial charge < -0.3 is 4.74 Å². The van der Waals surface area contributed by atoms with Crippen molar-refractivity contribution in [1.82, 2.24) is 0 Å². The summed E-state index contributed by atoms with van der Waals surface area (Å²) in [6.07, 6.45) is 11.4. The molecule has 0 bridgehead atoms. The normalized spacial score (nSPS) is 38.6. The molecule has 2 fully saturated rings. The Balaban J connectivity index is 1.92. The topological polar surface area (TPSA) is 12.5 Å². The molecule has 0 aromatic carbocycles. The van der Waals surface area contributed by atoms with Gasteiger partial charge in [0.2, 0.25) is 0 Å². The molecule has 2 atom stereocenters. The molecule has 74 valence electrons. The predicted octanol–water partition coefficient (Wildman–Crippen LogP) is 3.30. The summed E-state index contributed by atoms with van der Waals surface area (Å²) in [4.78, 5) is 0. The van der Waals surface area contributed by atoms with Crippen molar-refractivity contribution in [3.05, 3.63) is 12.7 Å². The van der Waals surface area contributed by atoms with Gasteiger partial charge in [-0.3, -0.25) is 0 Å². The molecule has 1 saturated heterocycles. The fraction of sp³-hybridized carbons (Fsp3) is 0.833. The smallest absolute Gasteiger partial charge is 0.0944 e. The molecule has 2 aliphatic rings. The van der Waals surface area contributed by atoms with E-state index in [1.807, 2.05) is 6.08 Å². The molecule has 0 radical (unpaired) electrons. The van der Waals surface area contributed by atoms with Crippen LogP contribution < -0.4 is 0 Å². The van der Waals surface area contributed by atoms with E-state index in [0.29, 0.717) is 5.60 Å². The zero-order valence-electron chi connectivity index (χ0n) is 8.43. The van der Waals surface area contributed by atoms with Gasteiger partial charge in [-0.05, 0) is 31.6 Å². The molecule has 0 aromatic rings. The van der Waals surface area contributed by atoms with Crippen LogP contribution in [0.4, 0.5) is 0 Å². The maximum atomic E-state index is 5.69. The first-order valence-corrected chi connectivity index (χ1v) is 5.62. The molecule has 0 N–H and O–H groups in total. The average Bonchev–Trinajstić information content (AvgIpc) is 2.93. The molecule has 1 saturated carbocycles. The molecule has 1 heterocycles. The largest absolute Gasteiger partial charge is 0.369 e. The summed E-state index contributed by atoms with van der Waals surface area (Å²) >= 11 is 0. The summed E-state index contributed by atoms with van der Waals surface area (Å²) in [5.74, 6) is 0.827. The molecule has 0 amide bonds. The van der Waals surface area contributed by atoms with Crippen LogP contribution in [0.25, 0.3) is 0 Å².